The first kappa shape index (κ1) is 18.4. The van der Waals surface area contributed by atoms with E-state index in [1.165, 1.54) is 0 Å². The molecule has 7 heteroatoms. The molecule has 2 heterocycles. The fourth-order valence-electron chi connectivity index (χ4n) is 2.56. The molecule has 0 saturated carbocycles. The Kier molecular flexibility index (Phi) is 5.69. The molecule has 1 N–H and O–H groups in total. The number of oxazole rings is 1. The number of likely N-dealkylation sites (N-methyl/N-ethyl adjacent to an activating group) is 1. The number of pyridine rings is 1. The van der Waals surface area contributed by atoms with Crippen LogP contribution in [0.4, 0.5) is 17.5 Å². The Morgan fingerprint density at radius 3 is 2.85 bits per heavy atom. The van der Waals surface area contributed by atoms with E-state index in [-0.39, 0.29) is 0 Å². The fraction of sp³-hybridized carbons (Fsp3) is 0.250. The number of ether oxygens (including phenoxy) is 1. The van der Waals surface area contributed by atoms with Crippen molar-refractivity contribution in [3.8, 4) is 17.4 Å². The summed E-state index contributed by atoms with van der Waals surface area (Å²) in [6.45, 7) is 3.25. The van der Waals surface area contributed by atoms with Crippen LogP contribution in [0, 0.1) is 18.3 Å². The van der Waals surface area contributed by atoms with Crippen LogP contribution >= 0.6 is 0 Å². The molecule has 2 aromatic heterocycles. The maximum absolute atomic E-state index is 9.37. The maximum atomic E-state index is 9.37. The Morgan fingerprint density at radius 2 is 2.11 bits per heavy atom. The number of hydrogen-bond acceptors (Lipinski definition) is 7. The normalized spacial score (nSPS) is 10.4. The highest BCUT2D eigenvalue weighted by Gasteiger charge is 2.12. The van der Waals surface area contributed by atoms with E-state index in [0.29, 0.717) is 36.3 Å². The Balaban J connectivity index is 1.88. The summed E-state index contributed by atoms with van der Waals surface area (Å²) in [6, 6.07) is 12.0. The molecule has 0 spiro atoms. The summed E-state index contributed by atoms with van der Waals surface area (Å²) >= 11 is 0. The second kappa shape index (κ2) is 8.34. The quantitative estimate of drug-likeness (QED) is 0.684. The molecular formula is C20H21N5O2. The van der Waals surface area contributed by atoms with E-state index in [0.717, 1.165) is 16.8 Å². The molecule has 1 aromatic carbocycles. The van der Waals surface area contributed by atoms with Crippen LogP contribution in [0.5, 0.6) is 0 Å². The highest BCUT2D eigenvalue weighted by Crippen LogP contribution is 2.29. The van der Waals surface area contributed by atoms with Crippen LogP contribution in [-0.4, -0.2) is 37.3 Å². The summed E-state index contributed by atoms with van der Waals surface area (Å²) in [6.07, 6.45) is 3.40. The van der Waals surface area contributed by atoms with Gasteiger partial charge in [0.2, 0.25) is 0 Å². The van der Waals surface area contributed by atoms with Crippen LogP contribution in [0.1, 0.15) is 11.1 Å². The van der Waals surface area contributed by atoms with E-state index in [4.69, 9.17) is 9.15 Å². The third-order valence-electron chi connectivity index (χ3n) is 3.99. The molecule has 0 unspecified atom stereocenters. The van der Waals surface area contributed by atoms with Gasteiger partial charge in [-0.25, -0.2) is 9.97 Å². The van der Waals surface area contributed by atoms with Crippen molar-refractivity contribution in [1.82, 2.24) is 9.97 Å². The monoisotopic (exact) mass is 363 g/mol. The van der Waals surface area contributed by atoms with Crippen molar-refractivity contribution in [2.45, 2.75) is 6.92 Å². The molecule has 0 aliphatic carbocycles. The van der Waals surface area contributed by atoms with Crippen LogP contribution in [0.15, 0.2) is 47.1 Å². The van der Waals surface area contributed by atoms with Crippen LogP contribution in [0.3, 0.4) is 0 Å². The molecule has 0 radical (unpaired) electrons. The largest absolute Gasteiger partial charge is 0.423 e. The molecule has 3 aromatic rings. The first-order chi connectivity index (χ1) is 13.1. The molecule has 0 amide bonds. The minimum atomic E-state index is 0.499. The van der Waals surface area contributed by atoms with Gasteiger partial charge in [0.05, 0.1) is 24.4 Å². The Labute approximate surface area is 158 Å². The van der Waals surface area contributed by atoms with Gasteiger partial charge in [-0.15, -0.1) is 0 Å². The summed E-state index contributed by atoms with van der Waals surface area (Å²) in [4.78, 5) is 10.5. The van der Waals surface area contributed by atoms with Gasteiger partial charge in [0.1, 0.15) is 5.82 Å². The van der Waals surface area contributed by atoms with Gasteiger partial charge in [-0.3, -0.25) is 0 Å². The molecule has 0 atom stereocenters. The van der Waals surface area contributed by atoms with Gasteiger partial charge < -0.3 is 19.4 Å². The molecule has 27 heavy (non-hydrogen) atoms. The van der Waals surface area contributed by atoms with Crippen LogP contribution in [0.2, 0.25) is 0 Å². The number of benzene rings is 1. The number of aromatic nitrogens is 2. The highest BCUT2D eigenvalue weighted by molar-refractivity contribution is 5.70. The third-order valence-corrected chi connectivity index (χ3v) is 3.99. The van der Waals surface area contributed by atoms with E-state index in [1.807, 2.05) is 37.1 Å². The number of aryl methyl sites for hydroxylation is 1. The minimum absolute atomic E-state index is 0.499. The summed E-state index contributed by atoms with van der Waals surface area (Å²) in [7, 11) is 3.54. The molecule has 138 valence electrons. The van der Waals surface area contributed by atoms with Gasteiger partial charge >= 0.3 is 0 Å². The number of nitrogens with one attached hydrogen (secondary N) is 1. The zero-order valence-electron chi connectivity index (χ0n) is 15.6. The van der Waals surface area contributed by atoms with Crippen molar-refractivity contribution in [1.29, 1.82) is 5.26 Å². The summed E-state index contributed by atoms with van der Waals surface area (Å²) in [5.41, 5.74) is 3.15. The smallest absolute Gasteiger partial charge is 0.297 e. The number of nitriles is 1. The number of rotatable bonds is 7. The zero-order chi connectivity index (χ0) is 19.2. The SMILES string of the molecule is COCCN(C)c1ncc(-c2cc(C#N)cc(Nc3cc(C)ccn3)c2)o1. The van der Waals surface area contributed by atoms with Gasteiger partial charge in [-0.1, -0.05) is 0 Å². The lowest BCUT2D eigenvalue weighted by molar-refractivity contribution is 0.205. The second-order valence-electron chi connectivity index (χ2n) is 6.18. The number of hydrogen-bond donors (Lipinski definition) is 1. The van der Waals surface area contributed by atoms with Crippen molar-refractivity contribution >= 4 is 17.5 Å². The Morgan fingerprint density at radius 1 is 1.26 bits per heavy atom. The van der Waals surface area contributed by atoms with Crippen LogP contribution in [-0.2, 0) is 4.74 Å². The van der Waals surface area contributed by atoms with Gasteiger partial charge in [-0.2, -0.15) is 5.26 Å². The van der Waals surface area contributed by atoms with Crippen molar-refractivity contribution in [3.05, 3.63) is 53.9 Å². The van der Waals surface area contributed by atoms with E-state index < -0.39 is 0 Å². The van der Waals surface area contributed by atoms with E-state index in [9.17, 15) is 5.26 Å². The van der Waals surface area contributed by atoms with E-state index >= 15 is 0 Å². The number of anilines is 3. The van der Waals surface area contributed by atoms with Crippen LogP contribution in [0.25, 0.3) is 11.3 Å². The fourth-order valence-corrected chi connectivity index (χ4v) is 2.56. The van der Waals surface area contributed by atoms with Crippen LogP contribution < -0.4 is 10.2 Å². The summed E-state index contributed by atoms with van der Waals surface area (Å²) < 4.78 is 10.9. The molecule has 0 aliphatic rings. The Hall–Kier alpha value is -3.37. The predicted octanol–water partition coefficient (Wildman–Crippen LogP) is 3.74. The number of methoxy groups -OCH3 is 1. The van der Waals surface area contributed by atoms with Crippen molar-refractivity contribution in [2.24, 2.45) is 0 Å². The molecular weight excluding hydrogens is 342 g/mol. The van der Waals surface area contributed by atoms with Crippen molar-refractivity contribution in [2.75, 3.05) is 37.5 Å². The van der Waals surface area contributed by atoms with Crippen molar-refractivity contribution < 1.29 is 9.15 Å². The molecule has 0 bridgehead atoms. The molecule has 0 fully saturated rings. The average molecular weight is 363 g/mol. The third kappa shape index (κ3) is 4.63. The van der Waals surface area contributed by atoms with Gasteiger partial charge in [0.25, 0.3) is 6.01 Å². The molecule has 7 nitrogen and oxygen atoms in total. The average Bonchev–Trinajstić information content (AvgIpc) is 3.16. The van der Waals surface area contributed by atoms with E-state index in [2.05, 4.69) is 21.4 Å². The topological polar surface area (TPSA) is 87.2 Å². The van der Waals surface area contributed by atoms with Crippen molar-refractivity contribution in [3.63, 3.8) is 0 Å². The summed E-state index contributed by atoms with van der Waals surface area (Å²) in [5.74, 6) is 1.31. The molecule has 0 aliphatic heterocycles. The Bertz CT molecular complexity index is 961. The predicted molar refractivity (Wildman–Crippen MR) is 104 cm³/mol. The first-order valence-electron chi connectivity index (χ1n) is 8.50. The van der Waals surface area contributed by atoms with Gasteiger partial charge in [-0.05, 0) is 42.8 Å². The summed E-state index contributed by atoms with van der Waals surface area (Å²) in [5, 5.41) is 12.6. The maximum Gasteiger partial charge on any atom is 0.297 e. The number of nitrogens with zero attached hydrogens (tertiary/aromatic N) is 4. The van der Waals surface area contributed by atoms with E-state index in [1.54, 1.807) is 31.6 Å². The zero-order valence-corrected chi connectivity index (χ0v) is 15.6. The lowest BCUT2D eigenvalue weighted by Gasteiger charge is -2.13. The lowest BCUT2D eigenvalue weighted by Crippen LogP contribution is -2.22. The van der Waals surface area contributed by atoms with Gasteiger partial charge in [0.15, 0.2) is 5.76 Å². The molecule has 0 saturated heterocycles. The second-order valence-corrected chi connectivity index (χ2v) is 6.18. The standard InChI is InChI=1S/C20H21N5O2/c1-14-4-5-22-19(8-14)24-17-10-15(12-21)9-16(11-17)18-13-23-20(27-18)25(2)6-7-26-3/h4-5,8-11,13H,6-7H2,1-3H3,(H,22,24). The lowest BCUT2D eigenvalue weighted by atomic mass is 10.1. The minimum Gasteiger partial charge on any atom is -0.423 e. The highest BCUT2D eigenvalue weighted by atomic mass is 16.5. The first-order valence-corrected chi connectivity index (χ1v) is 8.50. The van der Waals surface area contributed by atoms with Gasteiger partial charge in [0, 0.05) is 38.1 Å². The molecule has 3 rings (SSSR count).